The summed E-state index contributed by atoms with van der Waals surface area (Å²) in [5.74, 6) is -0.445. The van der Waals surface area contributed by atoms with Gasteiger partial charge in [-0.15, -0.1) is 22.7 Å². The third kappa shape index (κ3) is 3.48. The van der Waals surface area contributed by atoms with Crippen LogP contribution in [0.1, 0.15) is 15.2 Å². The first-order chi connectivity index (χ1) is 12.4. The lowest BCUT2D eigenvalue weighted by Crippen LogP contribution is -2.30. The first-order valence-corrected chi connectivity index (χ1v) is 9.36. The summed E-state index contributed by atoms with van der Waals surface area (Å²) in [6.07, 6.45) is 0. The number of nitriles is 1. The number of carbonyl (C=O) groups is 1. The van der Waals surface area contributed by atoms with E-state index in [1.165, 1.54) is 22.7 Å². The molecule has 0 aliphatic rings. The van der Waals surface area contributed by atoms with Gasteiger partial charge >= 0.3 is 0 Å². The van der Waals surface area contributed by atoms with Gasteiger partial charge in [0.2, 0.25) is 0 Å². The Bertz CT molecular complexity index is 1070. The van der Waals surface area contributed by atoms with Crippen molar-refractivity contribution in [2.45, 2.75) is 0 Å². The minimum Gasteiger partial charge on any atom is -0.506 e. The van der Waals surface area contributed by atoms with Crippen molar-refractivity contribution in [2.24, 2.45) is 0 Å². The highest BCUT2D eigenvalue weighted by Gasteiger charge is 2.17. The number of hydrogen-bond donors (Lipinski definition) is 3. The lowest BCUT2D eigenvalue weighted by Gasteiger charge is -2.09. The standard InChI is InChI=1S/C17H16N4O3S2/c1-21(2)6-5-19-16(24)12-4-3-11(25-12)13-7-9-14(22)10(8-18)15(23)20-17(9)26-13/h3-4,7H,5-6H2,1-2H3,(H,19,24)(H2,20,22,23). The Balaban J connectivity index is 1.88. The second-order valence-corrected chi connectivity index (χ2v) is 8.00. The third-order valence-electron chi connectivity index (χ3n) is 3.71. The Morgan fingerprint density at radius 2 is 2.12 bits per heavy atom. The molecule has 0 saturated heterocycles. The number of hydrogen-bond acceptors (Lipinski definition) is 7. The van der Waals surface area contributed by atoms with Gasteiger partial charge in [-0.3, -0.25) is 9.59 Å². The predicted molar refractivity (Wildman–Crippen MR) is 103 cm³/mol. The average Bonchev–Trinajstić information content (AvgIpc) is 3.21. The maximum Gasteiger partial charge on any atom is 0.270 e. The van der Waals surface area contributed by atoms with Crippen LogP contribution in [0.15, 0.2) is 23.0 Å². The molecule has 7 nitrogen and oxygen atoms in total. The Hall–Kier alpha value is -2.67. The number of aromatic nitrogens is 1. The molecule has 0 aliphatic heterocycles. The normalized spacial score (nSPS) is 11.0. The van der Waals surface area contributed by atoms with E-state index in [2.05, 4.69) is 10.3 Å². The van der Waals surface area contributed by atoms with E-state index in [4.69, 9.17) is 5.26 Å². The Kier molecular flexibility index (Phi) is 5.08. The molecule has 3 N–H and O–H groups in total. The summed E-state index contributed by atoms with van der Waals surface area (Å²) in [4.78, 5) is 31.3. The third-order valence-corrected chi connectivity index (χ3v) is 6.04. The van der Waals surface area contributed by atoms with Crippen LogP contribution in [0, 0.1) is 11.3 Å². The van der Waals surface area contributed by atoms with Gasteiger partial charge in [-0.25, -0.2) is 0 Å². The molecule has 0 unspecified atom stereocenters. The molecular formula is C17H16N4O3S2. The number of nitrogens with one attached hydrogen (secondary N) is 2. The molecule has 1 amide bonds. The topological polar surface area (TPSA) is 109 Å². The summed E-state index contributed by atoms with van der Waals surface area (Å²) < 4.78 is 0. The van der Waals surface area contributed by atoms with Crippen LogP contribution >= 0.6 is 22.7 Å². The predicted octanol–water partition coefficient (Wildman–Crippen LogP) is 2.19. The molecule has 0 saturated carbocycles. The number of rotatable bonds is 5. The number of aromatic hydroxyl groups is 1. The summed E-state index contributed by atoms with van der Waals surface area (Å²) in [7, 11) is 3.88. The lowest BCUT2D eigenvalue weighted by molar-refractivity contribution is 0.0955. The van der Waals surface area contributed by atoms with Crippen LogP contribution in [-0.4, -0.2) is 48.1 Å². The van der Waals surface area contributed by atoms with Crippen LogP contribution in [0.2, 0.25) is 0 Å². The Labute approximate surface area is 157 Å². The van der Waals surface area contributed by atoms with Gasteiger partial charge in [0.25, 0.3) is 11.5 Å². The maximum absolute atomic E-state index is 12.2. The fourth-order valence-electron chi connectivity index (χ4n) is 2.37. The minimum absolute atomic E-state index is 0.132. The highest BCUT2D eigenvalue weighted by molar-refractivity contribution is 7.26. The number of aromatic amines is 1. The maximum atomic E-state index is 12.2. The molecule has 26 heavy (non-hydrogen) atoms. The summed E-state index contributed by atoms with van der Waals surface area (Å²) in [6, 6.07) is 7.00. The number of pyridine rings is 1. The van der Waals surface area contributed by atoms with E-state index in [1.54, 1.807) is 18.2 Å². The molecule has 0 bridgehead atoms. The number of fused-ring (bicyclic) bond motifs is 1. The molecule has 0 radical (unpaired) electrons. The lowest BCUT2D eigenvalue weighted by atomic mass is 10.2. The molecule has 0 aromatic carbocycles. The van der Waals surface area contributed by atoms with E-state index in [1.807, 2.05) is 25.1 Å². The van der Waals surface area contributed by atoms with Crippen molar-refractivity contribution in [2.75, 3.05) is 27.2 Å². The SMILES string of the molecule is CN(C)CCNC(=O)c1ccc(-c2cc3c(O)c(C#N)c(=O)[nH]c3s2)s1. The first-order valence-electron chi connectivity index (χ1n) is 7.72. The number of likely N-dealkylation sites (N-methyl/N-ethyl adjacent to an activating group) is 1. The molecule has 9 heteroatoms. The molecule has 0 fully saturated rings. The van der Waals surface area contributed by atoms with E-state index in [-0.39, 0.29) is 17.2 Å². The Morgan fingerprint density at radius 1 is 1.35 bits per heavy atom. The summed E-state index contributed by atoms with van der Waals surface area (Å²) >= 11 is 2.63. The number of nitrogens with zero attached hydrogens (tertiary/aromatic N) is 2. The molecule has 0 spiro atoms. The van der Waals surface area contributed by atoms with Crippen LogP contribution < -0.4 is 10.9 Å². The van der Waals surface area contributed by atoms with Crippen molar-refractivity contribution in [1.29, 1.82) is 5.26 Å². The molecule has 134 valence electrons. The first kappa shape index (κ1) is 18.1. The number of thiophene rings is 2. The van der Waals surface area contributed by atoms with E-state index in [9.17, 15) is 14.7 Å². The molecular weight excluding hydrogens is 372 g/mol. The number of carbonyl (C=O) groups excluding carboxylic acids is 1. The summed E-state index contributed by atoms with van der Waals surface area (Å²) in [5, 5.41) is 22.4. The molecule has 3 rings (SSSR count). The van der Waals surface area contributed by atoms with Gasteiger partial charge in [-0.1, -0.05) is 0 Å². The second-order valence-electron chi connectivity index (χ2n) is 5.87. The molecule has 0 atom stereocenters. The van der Waals surface area contributed by atoms with Crippen LogP contribution in [0.3, 0.4) is 0 Å². The van der Waals surface area contributed by atoms with E-state index in [0.717, 1.165) is 16.3 Å². The minimum atomic E-state index is -0.613. The largest absolute Gasteiger partial charge is 0.506 e. The molecule has 0 aliphatic carbocycles. The highest BCUT2D eigenvalue weighted by Crippen LogP contribution is 2.39. The van der Waals surface area contributed by atoms with E-state index >= 15 is 0 Å². The fourth-order valence-corrected chi connectivity index (χ4v) is 4.42. The van der Waals surface area contributed by atoms with Crippen molar-refractivity contribution in [1.82, 2.24) is 15.2 Å². The zero-order valence-corrected chi connectivity index (χ0v) is 15.8. The number of amides is 1. The van der Waals surface area contributed by atoms with Crippen LogP contribution in [0.25, 0.3) is 20.0 Å². The fraction of sp³-hybridized carbons (Fsp3) is 0.235. The van der Waals surface area contributed by atoms with Crippen LogP contribution in [0.4, 0.5) is 0 Å². The van der Waals surface area contributed by atoms with Gasteiger partial charge in [-0.2, -0.15) is 5.26 Å². The van der Waals surface area contributed by atoms with Crippen molar-refractivity contribution in [3.05, 3.63) is 39.0 Å². The van der Waals surface area contributed by atoms with Crippen molar-refractivity contribution in [3.63, 3.8) is 0 Å². The van der Waals surface area contributed by atoms with Crippen LogP contribution in [0.5, 0.6) is 5.75 Å². The van der Waals surface area contributed by atoms with E-state index in [0.29, 0.717) is 21.6 Å². The Morgan fingerprint density at radius 3 is 2.81 bits per heavy atom. The van der Waals surface area contributed by atoms with Gasteiger partial charge in [0.15, 0.2) is 5.56 Å². The zero-order chi connectivity index (χ0) is 18.8. The van der Waals surface area contributed by atoms with Crippen molar-refractivity contribution < 1.29 is 9.90 Å². The molecule has 3 heterocycles. The van der Waals surface area contributed by atoms with Crippen LogP contribution in [-0.2, 0) is 0 Å². The van der Waals surface area contributed by atoms with Gasteiger partial charge in [-0.05, 0) is 32.3 Å². The monoisotopic (exact) mass is 388 g/mol. The quantitative estimate of drug-likeness (QED) is 0.621. The molecule has 3 aromatic rings. The smallest absolute Gasteiger partial charge is 0.270 e. The van der Waals surface area contributed by atoms with Gasteiger partial charge in [0.05, 0.1) is 10.3 Å². The zero-order valence-electron chi connectivity index (χ0n) is 14.1. The van der Waals surface area contributed by atoms with Crippen molar-refractivity contribution in [3.8, 4) is 21.6 Å². The highest BCUT2D eigenvalue weighted by atomic mass is 32.1. The summed E-state index contributed by atoms with van der Waals surface area (Å²) in [6.45, 7) is 1.32. The number of H-pyrrole nitrogens is 1. The van der Waals surface area contributed by atoms with E-state index < -0.39 is 5.56 Å². The van der Waals surface area contributed by atoms with Gasteiger partial charge < -0.3 is 20.3 Å². The van der Waals surface area contributed by atoms with Gasteiger partial charge in [0.1, 0.15) is 16.6 Å². The van der Waals surface area contributed by atoms with Crippen molar-refractivity contribution >= 4 is 38.8 Å². The van der Waals surface area contributed by atoms with Gasteiger partial charge in [0, 0.05) is 22.8 Å². The molecule has 3 aromatic heterocycles. The summed E-state index contributed by atoms with van der Waals surface area (Å²) in [5.41, 5.74) is -0.910. The second kappa shape index (κ2) is 7.29. The average molecular weight is 388 g/mol.